The molecule has 0 bridgehead atoms. The minimum atomic E-state index is -8.11. The van der Waals surface area contributed by atoms with Crippen LogP contribution < -0.4 is 5.32 Å². The van der Waals surface area contributed by atoms with Crippen LogP contribution in [-0.2, 0) is 14.3 Å². The number of nitrogens with one attached hydrogen (secondary N) is 1. The van der Waals surface area contributed by atoms with Gasteiger partial charge in [-0.05, 0) is 18.2 Å². The minimum absolute atomic E-state index is 0.0465. The van der Waals surface area contributed by atoms with Gasteiger partial charge in [-0.3, -0.25) is 14.3 Å². The van der Waals surface area contributed by atoms with Gasteiger partial charge in [0.15, 0.2) is 0 Å². The Morgan fingerprint density at radius 3 is 1.51 bits per heavy atom. The third kappa shape index (κ3) is 5.93. The van der Waals surface area contributed by atoms with E-state index >= 15 is 0 Å². The molecule has 37 heavy (non-hydrogen) atoms. The molecular formula is C15H5F18NO3. The van der Waals surface area contributed by atoms with Gasteiger partial charge in [-0.25, -0.2) is 4.39 Å². The molecule has 4 nitrogen and oxygen atoms in total. The monoisotopic (exact) mass is 589 g/mol. The van der Waals surface area contributed by atoms with E-state index in [0.29, 0.717) is 23.5 Å². The first kappa shape index (κ1) is 32.4. The van der Waals surface area contributed by atoms with E-state index in [4.69, 9.17) is 0 Å². The number of ether oxygens (including phenoxy) is 2. The molecule has 0 radical (unpaired) electrons. The van der Waals surface area contributed by atoms with Crippen molar-refractivity contribution < 1.29 is 93.3 Å². The molecule has 0 aromatic heterocycles. The van der Waals surface area contributed by atoms with E-state index < -0.39 is 65.8 Å². The summed E-state index contributed by atoms with van der Waals surface area (Å²) < 4.78 is 238. The summed E-state index contributed by atoms with van der Waals surface area (Å²) in [7, 11) is 0. The van der Waals surface area contributed by atoms with Gasteiger partial charge in [-0.2, -0.15) is 74.6 Å². The first-order valence-corrected chi connectivity index (χ1v) is 8.24. The molecule has 0 aliphatic carbocycles. The Morgan fingerprint density at radius 2 is 1.14 bits per heavy atom. The lowest BCUT2D eigenvalue weighted by molar-refractivity contribution is -0.548. The van der Waals surface area contributed by atoms with Crippen molar-refractivity contribution in [1.29, 1.82) is 0 Å². The molecule has 214 valence electrons. The standard InChI is InChI=1S/C15H5F18NO3/c16-5-2-1-3-6(4-5)34-7(35)8(17,11(21,22)23)36-15(32,33)10(20,13(27,28)29)37-14(30,31)9(18,19)12(24,25)26/h1-4H,(H,34,35)/t8-,10-/m0/s1. The van der Waals surface area contributed by atoms with Crippen LogP contribution in [0.4, 0.5) is 84.7 Å². The quantitative estimate of drug-likeness (QED) is 0.347. The fourth-order valence-corrected chi connectivity index (χ4v) is 1.94. The van der Waals surface area contributed by atoms with Crippen molar-refractivity contribution >= 4 is 11.6 Å². The van der Waals surface area contributed by atoms with Crippen LogP contribution in [0, 0.1) is 5.82 Å². The third-order valence-corrected chi connectivity index (χ3v) is 3.74. The average molecular weight is 589 g/mol. The SMILES string of the molecule is O=C(Nc1cccc(F)c1)[C@](F)(OC(F)(F)[C@@](F)(OC(F)(F)C(F)(F)C(F)(F)F)C(F)(F)F)C(F)(F)F. The number of hydrogen-bond acceptors (Lipinski definition) is 3. The summed E-state index contributed by atoms with van der Waals surface area (Å²) in [5, 5.41) is 0.641. The van der Waals surface area contributed by atoms with Crippen molar-refractivity contribution in [2.24, 2.45) is 0 Å². The number of anilines is 1. The molecule has 1 aromatic rings. The second-order valence-corrected chi connectivity index (χ2v) is 6.46. The molecule has 0 spiro atoms. The Kier molecular flexibility index (Phi) is 8.11. The van der Waals surface area contributed by atoms with Crippen LogP contribution >= 0.6 is 0 Å². The largest absolute Gasteiger partial charge is 0.462 e. The summed E-state index contributed by atoms with van der Waals surface area (Å²) in [6.45, 7) is 0. The Bertz CT molecular complexity index is 986. The van der Waals surface area contributed by atoms with Crippen molar-refractivity contribution in [1.82, 2.24) is 0 Å². The van der Waals surface area contributed by atoms with Gasteiger partial charge in [0.25, 0.3) is 5.91 Å². The molecule has 0 heterocycles. The van der Waals surface area contributed by atoms with E-state index in [0.717, 1.165) is 0 Å². The van der Waals surface area contributed by atoms with Crippen LogP contribution in [-0.4, -0.2) is 54.3 Å². The second kappa shape index (κ2) is 9.27. The van der Waals surface area contributed by atoms with E-state index in [9.17, 15) is 83.8 Å². The van der Waals surface area contributed by atoms with E-state index in [1.165, 1.54) is 4.74 Å². The van der Waals surface area contributed by atoms with Crippen molar-refractivity contribution in [3.05, 3.63) is 30.1 Å². The summed E-state index contributed by atoms with van der Waals surface area (Å²) in [5.74, 6) is -28.0. The van der Waals surface area contributed by atoms with Crippen LogP contribution in [0.15, 0.2) is 24.3 Å². The predicted molar refractivity (Wildman–Crippen MR) is 77.9 cm³/mol. The summed E-state index contributed by atoms with van der Waals surface area (Å²) >= 11 is 0. The van der Waals surface area contributed by atoms with E-state index in [1.54, 1.807) is 0 Å². The van der Waals surface area contributed by atoms with Gasteiger partial charge in [0.1, 0.15) is 5.82 Å². The summed E-state index contributed by atoms with van der Waals surface area (Å²) in [6, 6.07) is 1.56. The zero-order valence-electron chi connectivity index (χ0n) is 16.3. The second-order valence-electron chi connectivity index (χ2n) is 6.46. The fourth-order valence-electron chi connectivity index (χ4n) is 1.94. The van der Waals surface area contributed by atoms with Gasteiger partial charge in [0, 0.05) is 5.69 Å². The predicted octanol–water partition coefficient (Wildman–Crippen LogP) is 6.64. The molecule has 22 heteroatoms. The third-order valence-electron chi connectivity index (χ3n) is 3.74. The first-order chi connectivity index (χ1) is 16.1. The maximum atomic E-state index is 14.3. The van der Waals surface area contributed by atoms with Crippen LogP contribution in [0.2, 0.25) is 0 Å². The van der Waals surface area contributed by atoms with Crippen molar-refractivity contribution in [3.63, 3.8) is 0 Å². The molecule has 0 saturated heterocycles. The Hall–Kier alpha value is -2.65. The molecule has 2 atom stereocenters. The number of halogens is 18. The van der Waals surface area contributed by atoms with Gasteiger partial charge in [0.05, 0.1) is 0 Å². The molecule has 0 aliphatic heterocycles. The van der Waals surface area contributed by atoms with Crippen LogP contribution in [0.1, 0.15) is 0 Å². The van der Waals surface area contributed by atoms with Gasteiger partial charge >= 0.3 is 48.4 Å². The molecule has 1 N–H and O–H groups in total. The molecular weight excluding hydrogens is 584 g/mol. The van der Waals surface area contributed by atoms with Crippen molar-refractivity contribution in [2.45, 2.75) is 48.4 Å². The minimum Gasteiger partial charge on any atom is -0.321 e. The van der Waals surface area contributed by atoms with Crippen LogP contribution in [0.25, 0.3) is 0 Å². The number of hydrogen-bond donors (Lipinski definition) is 1. The highest BCUT2D eigenvalue weighted by atomic mass is 19.4. The Labute approximate surface area is 190 Å². The number of carbonyl (C=O) groups is 1. The zero-order valence-corrected chi connectivity index (χ0v) is 16.3. The van der Waals surface area contributed by atoms with Gasteiger partial charge < -0.3 is 5.32 Å². The van der Waals surface area contributed by atoms with E-state index in [2.05, 4.69) is 0 Å². The first-order valence-electron chi connectivity index (χ1n) is 8.24. The Morgan fingerprint density at radius 1 is 0.649 bits per heavy atom. The topological polar surface area (TPSA) is 47.6 Å². The Balaban J connectivity index is 3.63. The lowest BCUT2D eigenvalue weighted by Crippen LogP contribution is -2.68. The normalized spacial score (nSPS) is 17.7. The maximum absolute atomic E-state index is 14.3. The van der Waals surface area contributed by atoms with Gasteiger partial charge in [0.2, 0.25) is 0 Å². The molecule has 0 aliphatic rings. The lowest BCUT2D eigenvalue weighted by Gasteiger charge is -2.40. The highest BCUT2D eigenvalue weighted by Crippen LogP contribution is 2.56. The van der Waals surface area contributed by atoms with E-state index in [1.807, 2.05) is 4.74 Å². The molecule has 1 amide bonds. The average Bonchev–Trinajstić information content (AvgIpc) is 2.64. The summed E-state index contributed by atoms with van der Waals surface area (Å²) in [6.07, 6.45) is -38.8. The fraction of sp³-hybridized carbons (Fsp3) is 0.533. The number of carbonyl (C=O) groups excluding carboxylic acids is 1. The zero-order chi connectivity index (χ0) is 29.7. The maximum Gasteiger partial charge on any atom is 0.462 e. The number of rotatable bonds is 8. The summed E-state index contributed by atoms with van der Waals surface area (Å²) in [4.78, 5) is 11.6. The molecule has 0 unspecified atom stereocenters. The highest BCUT2D eigenvalue weighted by molar-refractivity contribution is 5.96. The number of amides is 1. The van der Waals surface area contributed by atoms with Crippen LogP contribution in [0.5, 0.6) is 0 Å². The molecule has 0 saturated carbocycles. The van der Waals surface area contributed by atoms with Crippen LogP contribution in [0.3, 0.4) is 0 Å². The van der Waals surface area contributed by atoms with Gasteiger partial charge in [-0.15, -0.1) is 0 Å². The van der Waals surface area contributed by atoms with E-state index in [-0.39, 0.29) is 6.07 Å². The van der Waals surface area contributed by atoms with Gasteiger partial charge in [-0.1, -0.05) is 6.07 Å². The smallest absolute Gasteiger partial charge is 0.321 e. The van der Waals surface area contributed by atoms with Crippen molar-refractivity contribution in [3.8, 4) is 0 Å². The summed E-state index contributed by atoms with van der Waals surface area (Å²) in [5.41, 5.74) is -1.25. The molecule has 0 fully saturated rings. The highest BCUT2D eigenvalue weighted by Gasteiger charge is 2.85. The number of benzene rings is 1. The number of alkyl halides is 17. The lowest BCUT2D eigenvalue weighted by atomic mass is 10.2. The van der Waals surface area contributed by atoms with Crippen molar-refractivity contribution in [2.75, 3.05) is 5.32 Å². The molecule has 1 aromatic carbocycles. The molecule has 1 rings (SSSR count).